The van der Waals surface area contributed by atoms with Crippen LogP contribution in [0.1, 0.15) is 32.1 Å². The van der Waals surface area contributed by atoms with Crippen molar-refractivity contribution in [2.24, 2.45) is 11.7 Å². The number of nitrogens with two attached hydrogens (primary N) is 1. The molecule has 0 bridgehead atoms. The van der Waals surface area contributed by atoms with E-state index in [0.717, 1.165) is 12.8 Å². The van der Waals surface area contributed by atoms with Crippen molar-refractivity contribution in [3.63, 3.8) is 0 Å². The van der Waals surface area contributed by atoms with Crippen molar-refractivity contribution >= 4 is 5.91 Å². The largest absolute Gasteiger partial charge is 0.394 e. The first-order chi connectivity index (χ1) is 6.65. The van der Waals surface area contributed by atoms with Crippen molar-refractivity contribution in [3.05, 3.63) is 0 Å². The highest BCUT2D eigenvalue weighted by atomic mass is 16.3. The fourth-order valence-corrected chi connectivity index (χ4v) is 1.73. The molecule has 2 aliphatic carbocycles. The summed E-state index contributed by atoms with van der Waals surface area (Å²) in [5, 5.41) is 11.9. The van der Waals surface area contributed by atoms with Crippen LogP contribution < -0.4 is 11.1 Å². The van der Waals surface area contributed by atoms with Crippen LogP contribution in [0.2, 0.25) is 0 Å². The summed E-state index contributed by atoms with van der Waals surface area (Å²) in [4.78, 5) is 11.5. The van der Waals surface area contributed by atoms with E-state index in [1.54, 1.807) is 0 Å². The molecule has 0 saturated heterocycles. The van der Waals surface area contributed by atoms with Crippen molar-refractivity contribution in [2.75, 3.05) is 6.61 Å². The Hall–Kier alpha value is -0.610. The van der Waals surface area contributed by atoms with Gasteiger partial charge in [-0.2, -0.15) is 0 Å². The third-order valence-electron chi connectivity index (χ3n) is 3.21. The minimum absolute atomic E-state index is 0.00375. The summed E-state index contributed by atoms with van der Waals surface area (Å²) in [6.45, 7) is 0.0530. The van der Waals surface area contributed by atoms with Gasteiger partial charge in [-0.25, -0.2) is 0 Å². The molecule has 0 aromatic carbocycles. The van der Waals surface area contributed by atoms with Gasteiger partial charge < -0.3 is 16.2 Å². The van der Waals surface area contributed by atoms with Gasteiger partial charge in [-0.05, 0) is 31.6 Å². The Morgan fingerprint density at radius 3 is 2.64 bits per heavy atom. The van der Waals surface area contributed by atoms with Crippen LogP contribution in [0.15, 0.2) is 0 Å². The molecule has 4 N–H and O–H groups in total. The van der Waals surface area contributed by atoms with Crippen LogP contribution in [0, 0.1) is 5.92 Å². The lowest BCUT2D eigenvalue weighted by Gasteiger charge is -2.16. The molecule has 0 aliphatic heterocycles. The maximum atomic E-state index is 11.5. The van der Waals surface area contributed by atoms with E-state index in [9.17, 15) is 4.79 Å². The average molecular weight is 198 g/mol. The van der Waals surface area contributed by atoms with E-state index >= 15 is 0 Å². The van der Waals surface area contributed by atoms with E-state index in [1.807, 2.05) is 0 Å². The van der Waals surface area contributed by atoms with E-state index < -0.39 is 0 Å². The minimum Gasteiger partial charge on any atom is -0.394 e. The van der Waals surface area contributed by atoms with Gasteiger partial charge in [0.2, 0.25) is 5.91 Å². The molecular formula is C10H18N2O2. The molecule has 0 aromatic heterocycles. The molecule has 80 valence electrons. The number of aliphatic hydroxyl groups excluding tert-OH is 1. The molecule has 4 nitrogen and oxygen atoms in total. The van der Waals surface area contributed by atoms with Crippen molar-refractivity contribution in [1.82, 2.24) is 5.32 Å². The second-order valence-corrected chi connectivity index (χ2v) is 4.69. The third kappa shape index (κ3) is 2.25. The zero-order chi connectivity index (χ0) is 10.2. The number of carbonyl (C=O) groups excluding carboxylic acids is 1. The van der Waals surface area contributed by atoms with E-state index in [1.165, 1.54) is 12.8 Å². The summed E-state index contributed by atoms with van der Waals surface area (Å²) in [6.07, 6.45) is 4.54. The predicted octanol–water partition coefficient (Wildman–Crippen LogP) is -0.245. The van der Waals surface area contributed by atoms with Gasteiger partial charge in [0.25, 0.3) is 0 Å². The van der Waals surface area contributed by atoms with Crippen LogP contribution in [0.4, 0.5) is 0 Å². The summed E-state index contributed by atoms with van der Waals surface area (Å²) in [6, 6.07) is 0.0180. The molecule has 14 heavy (non-hydrogen) atoms. The summed E-state index contributed by atoms with van der Waals surface area (Å²) in [5.41, 5.74) is 5.55. The standard InChI is InChI=1S/C10H18N2O2/c11-8(7-1-2-7)5-9(14)12-10(6-13)3-4-10/h7-8,13H,1-6,11H2,(H,12,14). The number of nitrogens with one attached hydrogen (secondary N) is 1. The Morgan fingerprint density at radius 2 is 2.21 bits per heavy atom. The number of hydrogen-bond acceptors (Lipinski definition) is 3. The van der Waals surface area contributed by atoms with Crippen molar-refractivity contribution in [2.45, 2.75) is 43.7 Å². The van der Waals surface area contributed by atoms with Gasteiger partial charge in [0.15, 0.2) is 0 Å². The molecule has 1 unspecified atom stereocenters. The minimum atomic E-state index is -0.291. The lowest BCUT2D eigenvalue weighted by molar-refractivity contribution is -0.122. The van der Waals surface area contributed by atoms with E-state index in [-0.39, 0.29) is 24.1 Å². The SMILES string of the molecule is NC(CC(=O)NC1(CO)CC1)C1CC1. The first-order valence-electron chi connectivity index (χ1n) is 5.33. The second-order valence-electron chi connectivity index (χ2n) is 4.69. The quantitative estimate of drug-likeness (QED) is 0.570. The van der Waals surface area contributed by atoms with E-state index in [4.69, 9.17) is 10.8 Å². The van der Waals surface area contributed by atoms with E-state index in [2.05, 4.69) is 5.32 Å². The van der Waals surface area contributed by atoms with Gasteiger partial charge in [0, 0.05) is 12.5 Å². The second kappa shape index (κ2) is 3.51. The third-order valence-corrected chi connectivity index (χ3v) is 3.21. The van der Waals surface area contributed by atoms with Gasteiger partial charge in [-0.1, -0.05) is 0 Å². The molecule has 0 aromatic rings. The van der Waals surface area contributed by atoms with Crippen molar-refractivity contribution in [1.29, 1.82) is 0 Å². The van der Waals surface area contributed by atoms with Crippen molar-refractivity contribution in [3.8, 4) is 0 Å². The normalized spacial score (nSPS) is 25.6. The highest BCUT2D eigenvalue weighted by Crippen LogP contribution is 2.35. The smallest absolute Gasteiger partial charge is 0.222 e. The Kier molecular flexibility index (Phi) is 2.49. The van der Waals surface area contributed by atoms with E-state index in [0.29, 0.717) is 12.3 Å². The summed E-state index contributed by atoms with van der Waals surface area (Å²) >= 11 is 0. The van der Waals surface area contributed by atoms with Gasteiger partial charge in [0.1, 0.15) is 0 Å². The molecule has 0 radical (unpaired) electrons. The summed E-state index contributed by atoms with van der Waals surface area (Å²) < 4.78 is 0. The van der Waals surface area contributed by atoms with Crippen LogP contribution in [0.25, 0.3) is 0 Å². The topological polar surface area (TPSA) is 75.4 Å². The molecule has 2 aliphatic rings. The predicted molar refractivity (Wildman–Crippen MR) is 52.5 cm³/mol. The highest BCUT2D eigenvalue weighted by molar-refractivity contribution is 5.78. The first kappa shape index (κ1) is 9.93. The highest BCUT2D eigenvalue weighted by Gasteiger charge is 2.43. The number of hydrogen-bond donors (Lipinski definition) is 3. The molecule has 0 heterocycles. The lowest BCUT2D eigenvalue weighted by atomic mass is 10.1. The Morgan fingerprint density at radius 1 is 1.57 bits per heavy atom. The average Bonchev–Trinajstić information content (AvgIpc) is 3.00. The molecule has 1 atom stereocenters. The maximum absolute atomic E-state index is 11.5. The zero-order valence-corrected chi connectivity index (χ0v) is 8.33. The van der Waals surface area contributed by atoms with Crippen LogP contribution in [0.5, 0.6) is 0 Å². The van der Waals surface area contributed by atoms with Crippen molar-refractivity contribution < 1.29 is 9.90 Å². The summed E-state index contributed by atoms with van der Waals surface area (Å²) in [5.74, 6) is 0.556. The molecule has 2 rings (SSSR count). The Bertz CT molecular complexity index is 234. The fraction of sp³-hybridized carbons (Fsp3) is 0.900. The van der Waals surface area contributed by atoms with Crippen LogP contribution in [-0.4, -0.2) is 29.2 Å². The summed E-state index contributed by atoms with van der Waals surface area (Å²) in [7, 11) is 0. The lowest BCUT2D eigenvalue weighted by Crippen LogP contribution is -2.42. The monoisotopic (exact) mass is 198 g/mol. The fourth-order valence-electron chi connectivity index (χ4n) is 1.73. The molecule has 2 fully saturated rings. The van der Waals surface area contributed by atoms with Crippen LogP contribution in [0.3, 0.4) is 0 Å². The maximum Gasteiger partial charge on any atom is 0.222 e. The van der Waals surface area contributed by atoms with Gasteiger partial charge >= 0.3 is 0 Å². The first-order valence-corrected chi connectivity index (χ1v) is 5.33. The number of amides is 1. The molecule has 0 spiro atoms. The molecule has 1 amide bonds. The van der Waals surface area contributed by atoms with Gasteiger partial charge in [-0.3, -0.25) is 4.79 Å². The van der Waals surface area contributed by atoms with Crippen LogP contribution >= 0.6 is 0 Å². The van der Waals surface area contributed by atoms with Crippen LogP contribution in [-0.2, 0) is 4.79 Å². The Labute approximate surface area is 83.9 Å². The number of carbonyl (C=O) groups is 1. The zero-order valence-electron chi connectivity index (χ0n) is 8.33. The molecular weight excluding hydrogens is 180 g/mol. The van der Waals surface area contributed by atoms with Gasteiger partial charge in [-0.15, -0.1) is 0 Å². The number of aliphatic hydroxyl groups is 1. The molecule has 2 saturated carbocycles. The Balaban J connectivity index is 1.72. The van der Waals surface area contributed by atoms with Gasteiger partial charge in [0.05, 0.1) is 12.1 Å². The molecule has 4 heteroatoms. The number of rotatable bonds is 5.